The number of hydrogen-bond acceptors (Lipinski definition) is 4. The van der Waals surface area contributed by atoms with Crippen molar-refractivity contribution >= 4 is 5.91 Å². The molecule has 0 aromatic heterocycles. The van der Waals surface area contributed by atoms with E-state index in [2.05, 4.69) is 5.32 Å². The molecule has 0 spiro atoms. The van der Waals surface area contributed by atoms with Crippen molar-refractivity contribution in [3.63, 3.8) is 0 Å². The van der Waals surface area contributed by atoms with Gasteiger partial charge < -0.3 is 19.5 Å². The molecule has 0 aliphatic heterocycles. The summed E-state index contributed by atoms with van der Waals surface area (Å²) in [7, 11) is 0. The maximum absolute atomic E-state index is 12.5. The van der Waals surface area contributed by atoms with Gasteiger partial charge in [-0.25, -0.2) is 0 Å². The molecule has 26 heavy (non-hydrogen) atoms. The quantitative estimate of drug-likeness (QED) is 0.699. The van der Waals surface area contributed by atoms with Crippen molar-refractivity contribution in [3.05, 3.63) is 59.2 Å². The average molecular weight is 357 g/mol. The molecule has 0 saturated carbocycles. The van der Waals surface area contributed by atoms with Crippen LogP contribution in [0.15, 0.2) is 42.5 Å². The molecule has 0 aliphatic carbocycles. The summed E-state index contributed by atoms with van der Waals surface area (Å²) in [4.78, 5) is 12.5. The number of rotatable bonds is 10. The van der Waals surface area contributed by atoms with Crippen LogP contribution < -0.4 is 14.8 Å². The monoisotopic (exact) mass is 357 g/mol. The number of carbonyl (C=O) groups is 1. The third-order valence-electron chi connectivity index (χ3n) is 3.83. The second-order valence-electron chi connectivity index (χ2n) is 5.62. The van der Waals surface area contributed by atoms with Crippen molar-refractivity contribution < 1.29 is 19.0 Å². The van der Waals surface area contributed by atoms with Crippen molar-refractivity contribution in [3.8, 4) is 11.5 Å². The summed E-state index contributed by atoms with van der Waals surface area (Å²) < 4.78 is 16.6. The number of carbonyl (C=O) groups excluding carboxylic acids is 1. The Morgan fingerprint density at radius 2 is 1.58 bits per heavy atom. The topological polar surface area (TPSA) is 56.8 Å². The second-order valence-corrected chi connectivity index (χ2v) is 5.62. The maximum Gasteiger partial charge on any atom is 0.251 e. The summed E-state index contributed by atoms with van der Waals surface area (Å²) in [6.45, 7) is 8.48. The second kappa shape index (κ2) is 10.5. The number of hydrogen-bond donors (Lipinski definition) is 1. The first-order valence-corrected chi connectivity index (χ1v) is 9.01. The summed E-state index contributed by atoms with van der Waals surface area (Å²) in [6.07, 6.45) is 0. The molecule has 5 heteroatoms. The van der Waals surface area contributed by atoms with Gasteiger partial charge in [0.15, 0.2) is 11.5 Å². The van der Waals surface area contributed by atoms with Gasteiger partial charge >= 0.3 is 0 Å². The molecule has 0 bridgehead atoms. The standard InChI is InChI=1S/C21H27NO4/c1-4-24-15-18-10-8-7-9-17(18)14-22-21(23)16-11-12-19(25-5-2)20(13-16)26-6-3/h7-13H,4-6,14-15H2,1-3H3,(H,22,23). The highest BCUT2D eigenvalue weighted by atomic mass is 16.5. The fourth-order valence-corrected chi connectivity index (χ4v) is 2.55. The van der Waals surface area contributed by atoms with Gasteiger partial charge in [-0.05, 0) is 50.1 Å². The Balaban J connectivity index is 2.07. The number of benzene rings is 2. The Labute approximate surface area is 155 Å². The Morgan fingerprint density at radius 1 is 0.885 bits per heavy atom. The van der Waals surface area contributed by atoms with E-state index >= 15 is 0 Å². The lowest BCUT2D eigenvalue weighted by atomic mass is 10.1. The van der Waals surface area contributed by atoms with Crippen LogP contribution in [0.2, 0.25) is 0 Å². The molecule has 0 saturated heterocycles. The zero-order chi connectivity index (χ0) is 18.8. The number of amides is 1. The average Bonchev–Trinajstić information content (AvgIpc) is 2.66. The van der Waals surface area contributed by atoms with Crippen LogP contribution in [0.3, 0.4) is 0 Å². The lowest BCUT2D eigenvalue weighted by molar-refractivity contribution is 0.0949. The van der Waals surface area contributed by atoms with Crippen molar-refractivity contribution in [1.82, 2.24) is 5.32 Å². The maximum atomic E-state index is 12.5. The van der Waals surface area contributed by atoms with Gasteiger partial charge in [0.2, 0.25) is 0 Å². The third-order valence-corrected chi connectivity index (χ3v) is 3.83. The summed E-state index contributed by atoms with van der Waals surface area (Å²) >= 11 is 0. The molecule has 1 N–H and O–H groups in total. The highest BCUT2D eigenvalue weighted by Crippen LogP contribution is 2.28. The van der Waals surface area contributed by atoms with E-state index in [1.165, 1.54) is 0 Å². The molecule has 1 amide bonds. The van der Waals surface area contributed by atoms with E-state index in [4.69, 9.17) is 14.2 Å². The number of ether oxygens (including phenoxy) is 3. The normalized spacial score (nSPS) is 10.4. The van der Waals surface area contributed by atoms with Gasteiger partial charge in [-0.1, -0.05) is 24.3 Å². The van der Waals surface area contributed by atoms with Gasteiger partial charge in [0.1, 0.15) is 0 Å². The largest absolute Gasteiger partial charge is 0.490 e. The zero-order valence-electron chi connectivity index (χ0n) is 15.7. The minimum atomic E-state index is -0.153. The highest BCUT2D eigenvalue weighted by molar-refractivity contribution is 5.94. The molecule has 140 valence electrons. The van der Waals surface area contributed by atoms with Crippen LogP contribution in [0.1, 0.15) is 42.3 Å². The first kappa shape index (κ1) is 19.8. The molecule has 0 atom stereocenters. The van der Waals surface area contributed by atoms with Crippen LogP contribution in [0, 0.1) is 0 Å². The molecule has 0 fully saturated rings. The van der Waals surface area contributed by atoms with Crippen LogP contribution >= 0.6 is 0 Å². The van der Waals surface area contributed by atoms with E-state index in [1.54, 1.807) is 18.2 Å². The minimum Gasteiger partial charge on any atom is -0.490 e. The lowest BCUT2D eigenvalue weighted by Crippen LogP contribution is -2.23. The van der Waals surface area contributed by atoms with Crippen LogP contribution in [-0.4, -0.2) is 25.7 Å². The molecule has 2 aromatic rings. The molecule has 2 rings (SSSR count). The molecule has 0 radical (unpaired) electrons. The van der Waals surface area contributed by atoms with Gasteiger partial charge in [0.25, 0.3) is 5.91 Å². The molecule has 2 aromatic carbocycles. The molecule has 0 heterocycles. The van der Waals surface area contributed by atoms with E-state index < -0.39 is 0 Å². The summed E-state index contributed by atoms with van der Waals surface area (Å²) in [5.41, 5.74) is 2.67. The Bertz CT molecular complexity index is 715. The van der Waals surface area contributed by atoms with Gasteiger partial charge in [-0.2, -0.15) is 0 Å². The van der Waals surface area contributed by atoms with Gasteiger partial charge in [-0.15, -0.1) is 0 Å². The predicted molar refractivity (Wildman–Crippen MR) is 102 cm³/mol. The SMILES string of the molecule is CCOCc1ccccc1CNC(=O)c1ccc(OCC)c(OCC)c1. The van der Waals surface area contributed by atoms with Crippen molar-refractivity contribution in [1.29, 1.82) is 0 Å². The van der Waals surface area contributed by atoms with Crippen LogP contribution in [0.5, 0.6) is 11.5 Å². The van der Waals surface area contributed by atoms with Gasteiger partial charge in [-0.3, -0.25) is 4.79 Å². The van der Waals surface area contributed by atoms with E-state index in [0.717, 1.165) is 11.1 Å². The van der Waals surface area contributed by atoms with Crippen LogP contribution in [0.4, 0.5) is 0 Å². The van der Waals surface area contributed by atoms with E-state index in [-0.39, 0.29) is 5.91 Å². The van der Waals surface area contributed by atoms with Gasteiger partial charge in [0, 0.05) is 18.7 Å². The van der Waals surface area contributed by atoms with E-state index in [9.17, 15) is 4.79 Å². The fourth-order valence-electron chi connectivity index (χ4n) is 2.55. The van der Waals surface area contributed by atoms with Crippen molar-refractivity contribution in [2.45, 2.75) is 33.9 Å². The first-order chi connectivity index (χ1) is 12.7. The molecular formula is C21H27NO4. The zero-order valence-corrected chi connectivity index (χ0v) is 15.7. The Hall–Kier alpha value is -2.53. The van der Waals surface area contributed by atoms with Gasteiger partial charge in [0.05, 0.1) is 19.8 Å². The van der Waals surface area contributed by atoms with Crippen LogP contribution in [0.25, 0.3) is 0 Å². The summed E-state index contributed by atoms with van der Waals surface area (Å²) in [6, 6.07) is 13.2. The van der Waals surface area contributed by atoms with E-state index in [0.29, 0.717) is 50.0 Å². The van der Waals surface area contributed by atoms with E-state index in [1.807, 2.05) is 45.0 Å². The van der Waals surface area contributed by atoms with Crippen molar-refractivity contribution in [2.75, 3.05) is 19.8 Å². The third kappa shape index (κ3) is 5.49. The highest BCUT2D eigenvalue weighted by Gasteiger charge is 2.12. The summed E-state index contributed by atoms with van der Waals surface area (Å²) in [5, 5.41) is 2.96. The molecule has 0 unspecified atom stereocenters. The fraction of sp³-hybridized carbons (Fsp3) is 0.381. The smallest absolute Gasteiger partial charge is 0.251 e. The lowest BCUT2D eigenvalue weighted by Gasteiger charge is -2.13. The first-order valence-electron chi connectivity index (χ1n) is 9.01. The predicted octanol–water partition coefficient (Wildman–Crippen LogP) is 3.95. The Kier molecular flexibility index (Phi) is 7.96. The van der Waals surface area contributed by atoms with Crippen LogP contribution in [-0.2, 0) is 17.9 Å². The molecule has 0 aliphatic rings. The molecular weight excluding hydrogens is 330 g/mol. The molecule has 5 nitrogen and oxygen atoms in total. The number of nitrogens with one attached hydrogen (secondary N) is 1. The van der Waals surface area contributed by atoms with Crippen molar-refractivity contribution in [2.24, 2.45) is 0 Å². The minimum absolute atomic E-state index is 0.153. The Morgan fingerprint density at radius 3 is 2.27 bits per heavy atom. The summed E-state index contributed by atoms with van der Waals surface area (Å²) in [5.74, 6) is 1.08.